The van der Waals surface area contributed by atoms with Crippen molar-refractivity contribution >= 4 is 11.8 Å². The number of carbonyl (C=O) groups excluding carboxylic acids is 2. The number of benzene rings is 1. The van der Waals surface area contributed by atoms with Gasteiger partial charge in [0.25, 0.3) is 0 Å². The normalized spacial score (nSPS) is 11.6. The lowest BCUT2D eigenvalue weighted by Crippen LogP contribution is -2.26. The lowest BCUT2D eigenvalue weighted by atomic mass is 9.95. The van der Waals surface area contributed by atoms with Crippen LogP contribution in [0.25, 0.3) is 0 Å². The zero-order valence-electron chi connectivity index (χ0n) is 12.3. The molecular weight excluding hydrogens is 260 g/mol. The van der Waals surface area contributed by atoms with Gasteiger partial charge in [0.05, 0.1) is 20.8 Å². The minimum absolute atomic E-state index is 0.228. The molecule has 0 unspecified atom stereocenters. The quantitative estimate of drug-likeness (QED) is 0.565. The van der Waals surface area contributed by atoms with E-state index in [-0.39, 0.29) is 18.8 Å². The van der Waals surface area contributed by atoms with Crippen LogP contribution in [-0.4, -0.2) is 32.6 Å². The molecule has 1 atom stereocenters. The van der Waals surface area contributed by atoms with Gasteiger partial charge in [-0.05, 0) is 44.0 Å². The van der Waals surface area contributed by atoms with Crippen molar-refractivity contribution in [2.24, 2.45) is 5.92 Å². The highest BCUT2D eigenvalue weighted by Gasteiger charge is 2.26. The molecule has 0 bridgehead atoms. The van der Waals surface area contributed by atoms with Crippen LogP contribution < -0.4 is 9.47 Å². The maximum absolute atomic E-state index is 11.8. The van der Waals surface area contributed by atoms with Crippen molar-refractivity contribution in [1.82, 2.24) is 0 Å². The maximum atomic E-state index is 11.8. The van der Waals surface area contributed by atoms with Crippen LogP contribution in [0.1, 0.15) is 19.4 Å². The Morgan fingerprint density at radius 2 is 1.90 bits per heavy atom. The highest BCUT2D eigenvalue weighted by molar-refractivity contribution is 5.98. The summed E-state index contributed by atoms with van der Waals surface area (Å²) in [4.78, 5) is 23.5. The smallest absolute Gasteiger partial charge is 0.316 e. The first-order valence-corrected chi connectivity index (χ1v) is 6.41. The van der Waals surface area contributed by atoms with Gasteiger partial charge in [-0.1, -0.05) is 0 Å². The second kappa shape index (κ2) is 7.53. The predicted molar refractivity (Wildman–Crippen MR) is 74.1 cm³/mol. The first kappa shape index (κ1) is 16.0. The molecule has 1 rings (SSSR count). The van der Waals surface area contributed by atoms with Crippen molar-refractivity contribution in [2.45, 2.75) is 20.3 Å². The number of esters is 1. The predicted octanol–water partition coefficient (Wildman–Crippen LogP) is 2.01. The molecular formula is C15H20O5. The van der Waals surface area contributed by atoms with E-state index in [1.54, 1.807) is 39.3 Å². The molecule has 0 radical (unpaired) electrons. The molecule has 20 heavy (non-hydrogen) atoms. The molecule has 0 saturated heterocycles. The van der Waals surface area contributed by atoms with Gasteiger partial charge in [0.1, 0.15) is 23.2 Å². The average Bonchev–Trinajstić information content (AvgIpc) is 2.44. The summed E-state index contributed by atoms with van der Waals surface area (Å²) in [5, 5.41) is 0. The van der Waals surface area contributed by atoms with E-state index in [4.69, 9.17) is 14.2 Å². The molecule has 0 aromatic heterocycles. The molecule has 0 heterocycles. The van der Waals surface area contributed by atoms with Crippen molar-refractivity contribution in [3.05, 3.63) is 23.8 Å². The summed E-state index contributed by atoms with van der Waals surface area (Å²) in [6.07, 6.45) is 0.231. The van der Waals surface area contributed by atoms with Crippen molar-refractivity contribution in [1.29, 1.82) is 0 Å². The minimum Gasteiger partial charge on any atom is -0.497 e. The monoisotopic (exact) mass is 280 g/mol. The molecule has 1 aromatic rings. The van der Waals surface area contributed by atoms with Crippen molar-refractivity contribution in [3.63, 3.8) is 0 Å². The van der Waals surface area contributed by atoms with Gasteiger partial charge >= 0.3 is 5.97 Å². The van der Waals surface area contributed by atoms with Crippen LogP contribution in [0.15, 0.2) is 18.2 Å². The van der Waals surface area contributed by atoms with Crippen LogP contribution >= 0.6 is 0 Å². The molecule has 5 heteroatoms. The summed E-state index contributed by atoms with van der Waals surface area (Å²) < 4.78 is 15.3. The Balaban J connectivity index is 3.03. The minimum atomic E-state index is -0.823. The van der Waals surface area contributed by atoms with Crippen LogP contribution in [-0.2, 0) is 20.7 Å². The summed E-state index contributed by atoms with van der Waals surface area (Å²) in [6.45, 7) is 3.34. The highest BCUT2D eigenvalue weighted by atomic mass is 16.5. The van der Waals surface area contributed by atoms with E-state index in [2.05, 4.69) is 0 Å². The van der Waals surface area contributed by atoms with Crippen LogP contribution in [0.2, 0.25) is 0 Å². The van der Waals surface area contributed by atoms with Gasteiger partial charge in [0.15, 0.2) is 0 Å². The number of ketones is 1. The van der Waals surface area contributed by atoms with Crippen molar-refractivity contribution < 1.29 is 23.8 Å². The Bertz CT molecular complexity index is 481. The fraction of sp³-hybridized carbons (Fsp3) is 0.467. The summed E-state index contributed by atoms with van der Waals surface area (Å²) in [5.74, 6) is -0.303. The number of ether oxygens (including phenoxy) is 3. The van der Waals surface area contributed by atoms with Gasteiger partial charge in [0, 0.05) is 0 Å². The zero-order valence-corrected chi connectivity index (χ0v) is 12.3. The average molecular weight is 280 g/mol. The van der Waals surface area contributed by atoms with Crippen molar-refractivity contribution in [3.8, 4) is 11.5 Å². The number of carbonyl (C=O) groups is 2. The van der Waals surface area contributed by atoms with E-state index in [1.165, 1.54) is 6.92 Å². The number of hydrogen-bond donors (Lipinski definition) is 0. The largest absolute Gasteiger partial charge is 0.497 e. The molecule has 0 aliphatic rings. The fourth-order valence-corrected chi connectivity index (χ4v) is 1.90. The van der Waals surface area contributed by atoms with Crippen LogP contribution in [0.5, 0.6) is 11.5 Å². The highest BCUT2D eigenvalue weighted by Crippen LogP contribution is 2.27. The summed E-state index contributed by atoms with van der Waals surface area (Å²) in [6, 6.07) is 5.26. The zero-order chi connectivity index (χ0) is 15.1. The molecule has 0 amide bonds. The number of rotatable bonds is 7. The first-order valence-electron chi connectivity index (χ1n) is 6.41. The topological polar surface area (TPSA) is 61.8 Å². The fourth-order valence-electron chi connectivity index (χ4n) is 1.90. The number of hydrogen-bond acceptors (Lipinski definition) is 5. The molecule has 0 fully saturated rings. The van der Waals surface area contributed by atoms with Gasteiger partial charge in [-0.2, -0.15) is 0 Å². The number of Topliss-reactive ketones (excluding diaryl/α,β-unsaturated/α-hetero) is 1. The molecule has 1 aromatic carbocycles. The standard InChI is InChI=1S/C15H20O5/c1-5-20-15(17)13(10(2)16)9-11-8-12(18-3)6-7-14(11)19-4/h6-8,13H,5,9H2,1-4H3/t13-/m1/s1. The number of methoxy groups -OCH3 is 2. The summed E-state index contributed by atoms with van der Waals surface area (Å²) in [7, 11) is 3.10. The van der Waals surface area contributed by atoms with Gasteiger partial charge in [-0.3, -0.25) is 9.59 Å². The van der Waals surface area contributed by atoms with Gasteiger partial charge in [-0.15, -0.1) is 0 Å². The van der Waals surface area contributed by atoms with Gasteiger partial charge in [0.2, 0.25) is 0 Å². The third-order valence-corrected chi connectivity index (χ3v) is 2.97. The van der Waals surface area contributed by atoms with E-state index in [0.717, 1.165) is 5.56 Å². The Hall–Kier alpha value is -2.04. The van der Waals surface area contributed by atoms with E-state index >= 15 is 0 Å². The van der Waals surface area contributed by atoms with Crippen molar-refractivity contribution in [2.75, 3.05) is 20.8 Å². The molecule has 0 aliphatic heterocycles. The van der Waals surface area contributed by atoms with E-state index in [0.29, 0.717) is 11.5 Å². The van der Waals surface area contributed by atoms with Crippen LogP contribution in [0.4, 0.5) is 0 Å². The third-order valence-electron chi connectivity index (χ3n) is 2.97. The van der Waals surface area contributed by atoms with Gasteiger partial charge < -0.3 is 14.2 Å². The lowest BCUT2D eigenvalue weighted by Gasteiger charge is -2.15. The molecule has 0 aliphatic carbocycles. The first-order chi connectivity index (χ1) is 9.53. The Labute approximate surface area is 118 Å². The van der Waals surface area contributed by atoms with E-state index < -0.39 is 11.9 Å². The third kappa shape index (κ3) is 3.98. The molecule has 5 nitrogen and oxygen atoms in total. The second-order valence-electron chi connectivity index (χ2n) is 4.30. The Morgan fingerprint density at radius 1 is 1.20 bits per heavy atom. The van der Waals surface area contributed by atoms with Crippen LogP contribution in [0, 0.1) is 5.92 Å². The molecule has 110 valence electrons. The Morgan fingerprint density at radius 3 is 2.40 bits per heavy atom. The molecule has 0 spiro atoms. The van der Waals surface area contributed by atoms with Crippen LogP contribution in [0.3, 0.4) is 0 Å². The maximum Gasteiger partial charge on any atom is 0.316 e. The lowest BCUT2D eigenvalue weighted by molar-refractivity contribution is -0.151. The van der Waals surface area contributed by atoms with Gasteiger partial charge in [-0.25, -0.2) is 0 Å². The van der Waals surface area contributed by atoms with E-state index in [1.807, 2.05) is 0 Å². The second-order valence-corrected chi connectivity index (χ2v) is 4.30. The molecule has 0 N–H and O–H groups in total. The molecule has 0 saturated carbocycles. The summed E-state index contributed by atoms with van der Waals surface area (Å²) >= 11 is 0. The summed E-state index contributed by atoms with van der Waals surface area (Å²) in [5.41, 5.74) is 0.736. The SMILES string of the molecule is CCOC(=O)[C@H](Cc1cc(OC)ccc1OC)C(C)=O. The Kier molecular flexibility index (Phi) is 6.03. The van der Waals surface area contributed by atoms with E-state index in [9.17, 15) is 9.59 Å².